The van der Waals surface area contributed by atoms with Gasteiger partial charge < -0.3 is 19.5 Å². The number of hydrazone groups is 1. The van der Waals surface area contributed by atoms with Gasteiger partial charge in [0.05, 0.1) is 25.5 Å². The van der Waals surface area contributed by atoms with Crippen molar-refractivity contribution < 1.29 is 19.0 Å². The number of carbonyl (C=O) groups excluding carboxylic acids is 1. The Morgan fingerprint density at radius 2 is 1.88 bits per heavy atom. The fourth-order valence-corrected chi connectivity index (χ4v) is 3.69. The van der Waals surface area contributed by atoms with Crippen molar-refractivity contribution in [2.24, 2.45) is 5.10 Å². The second kappa shape index (κ2) is 12.0. The van der Waals surface area contributed by atoms with E-state index in [0.29, 0.717) is 40.6 Å². The zero-order valence-electron chi connectivity index (χ0n) is 18.4. The highest BCUT2D eigenvalue weighted by Crippen LogP contribution is 2.29. The summed E-state index contributed by atoms with van der Waals surface area (Å²) in [6, 6.07) is 12.4. The Hall–Kier alpha value is -3.13. The minimum Gasteiger partial charge on any atom is -0.497 e. The Morgan fingerprint density at radius 1 is 1.12 bits per heavy atom. The van der Waals surface area contributed by atoms with Gasteiger partial charge in [-0.25, -0.2) is 4.79 Å². The molecule has 0 atom stereocenters. The van der Waals surface area contributed by atoms with Crippen LogP contribution in [-0.2, 0) is 0 Å². The molecule has 1 fully saturated rings. The summed E-state index contributed by atoms with van der Waals surface area (Å²) in [4.78, 5) is 12.5. The topological polar surface area (TPSA) is 81.2 Å². The molecule has 32 heavy (non-hydrogen) atoms. The van der Waals surface area contributed by atoms with Crippen LogP contribution in [0.5, 0.6) is 17.2 Å². The predicted molar refractivity (Wildman–Crippen MR) is 129 cm³/mol. The number of hydrogen-bond donors (Lipinski definition) is 2. The summed E-state index contributed by atoms with van der Waals surface area (Å²) in [7, 11) is 1.57. The molecule has 0 unspecified atom stereocenters. The molecule has 0 heterocycles. The maximum atomic E-state index is 12.5. The van der Waals surface area contributed by atoms with Crippen LogP contribution in [0.15, 0.2) is 47.6 Å². The third kappa shape index (κ3) is 6.95. The van der Waals surface area contributed by atoms with Crippen molar-refractivity contribution in [2.45, 2.75) is 45.1 Å². The zero-order chi connectivity index (χ0) is 22.8. The number of esters is 1. The number of carbonyl (C=O) groups is 1. The molecule has 1 aliphatic carbocycles. The Kier molecular flexibility index (Phi) is 8.86. The van der Waals surface area contributed by atoms with Crippen LogP contribution in [0.1, 0.15) is 54.9 Å². The smallest absolute Gasteiger partial charge is 0.343 e. The molecule has 0 radical (unpaired) electrons. The monoisotopic (exact) mass is 455 g/mol. The van der Waals surface area contributed by atoms with Crippen LogP contribution < -0.4 is 25.0 Å². The summed E-state index contributed by atoms with van der Waals surface area (Å²) in [5.74, 6) is 0.992. The molecular weight excluding hydrogens is 426 g/mol. The van der Waals surface area contributed by atoms with Crippen molar-refractivity contribution in [2.75, 3.05) is 13.7 Å². The lowest BCUT2D eigenvalue weighted by atomic mass is 9.96. The van der Waals surface area contributed by atoms with E-state index in [1.54, 1.807) is 55.8 Å². The highest BCUT2D eigenvalue weighted by atomic mass is 32.1. The van der Waals surface area contributed by atoms with Crippen LogP contribution in [-0.4, -0.2) is 37.1 Å². The van der Waals surface area contributed by atoms with Crippen LogP contribution in [0.25, 0.3) is 0 Å². The Morgan fingerprint density at radius 3 is 2.56 bits per heavy atom. The second-order valence-electron chi connectivity index (χ2n) is 7.44. The van der Waals surface area contributed by atoms with Gasteiger partial charge in [0.1, 0.15) is 5.75 Å². The van der Waals surface area contributed by atoms with E-state index in [-0.39, 0.29) is 0 Å². The van der Waals surface area contributed by atoms with Crippen molar-refractivity contribution in [1.82, 2.24) is 10.7 Å². The minimum absolute atomic E-state index is 0.340. The normalized spacial score (nSPS) is 14.1. The molecule has 0 amide bonds. The summed E-state index contributed by atoms with van der Waals surface area (Å²) in [6.45, 7) is 2.30. The lowest BCUT2D eigenvalue weighted by molar-refractivity contribution is 0.0728. The molecule has 1 aliphatic rings. The van der Waals surface area contributed by atoms with Crippen molar-refractivity contribution in [3.63, 3.8) is 0 Å². The Labute approximate surface area is 194 Å². The highest BCUT2D eigenvalue weighted by molar-refractivity contribution is 7.80. The standard InChI is InChI=1S/C24H29N3O4S/c1-3-30-22-15-17(16-25-27-24(32)26-19-7-5-4-6-8-19)9-14-21(22)31-23(28)18-10-12-20(29-2)13-11-18/h9-16,19H,3-8H2,1-2H3,(H2,26,27,32). The first-order chi connectivity index (χ1) is 15.6. The van der Waals surface area contributed by atoms with E-state index in [9.17, 15) is 4.79 Å². The molecule has 3 rings (SSSR count). The lowest BCUT2D eigenvalue weighted by Gasteiger charge is -2.23. The van der Waals surface area contributed by atoms with Crippen LogP contribution in [0.2, 0.25) is 0 Å². The van der Waals surface area contributed by atoms with E-state index in [1.165, 1.54) is 19.3 Å². The largest absolute Gasteiger partial charge is 0.497 e. The van der Waals surface area contributed by atoms with Crippen molar-refractivity contribution in [1.29, 1.82) is 0 Å². The molecule has 0 bridgehead atoms. The second-order valence-corrected chi connectivity index (χ2v) is 7.84. The minimum atomic E-state index is -0.476. The third-order valence-electron chi connectivity index (χ3n) is 5.12. The number of nitrogens with zero attached hydrogens (tertiary/aromatic N) is 1. The fraction of sp³-hybridized carbons (Fsp3) is 0.375. The Bertz CT molecular complexity index is 941. The van der Waals surface area contributed by atoms with Crippen molar-refractivity contribution >= 4 is 29.5 Å². The van der Waals surface area contributed by atoms with E-state index in [1.807, 2.05) is 6.92 Å². The van der Waals surface area contributed by atoms with Crippen LogP contribution >= 0.6 is 12.2 Å². The number of thiocarbonyl (C=S) groups is 1. The van der Waals surface area contributed by atoms with Gasteiger partial charge in [-0.05, 0) is 80.0 Å². The summed E-state index contributed by atoms with van der Waals surface area (Å²) in [5.41, 5.74) is 4.06. The summed E-state index contributed by atoms with van der Waals surface area (Å²) in [5, 5.41) is 8.03. The van der Waals surface area contributed by atoms with Gasteiger partial charge in [-0.2, -0.15) is 5.10 Å². The predicted octanol–water partition coefficient (Wildman–Crippen LogP) is 4.44. The van der Waals surface area contributed by atoms with Gasteiger partial charge in [-0.1, -0.05) is 19.3 Å². The maximum Gasteiger partial charge on any atom is 0.343 e. The quantitative estimate of drug-likeness (QED) is 0.200. The first-order valence-electron chi connectivity index (χ1n) is 10.8. The number of ether oxygens (including phenoxy) is 3. The summed E-state index contributed by atoms with van der Waals surface area (Å²) >= 11 is 5.32. The molecule has 0 saturated heterocycles. The van der Waals surface area contributed by atoms with E-state index in [2.05, 4.69) is 15.8 Å². The SMILES string of the molecule is CCOc1cc(C=NNC(=S)NC2CCCCC2)ccc1OC(=O)c1ccc(OC)cc1. The number of rotatable bonds is 8. The fourth-order valence-electron chi connectivity index (χ4n) is 3.47. The maximum absolute atomic E-state index is 12.5. The average molecular weight is 456 g/mol. The molecule has 8 heteroatoms. The van der Waals surface area contributed by atoms with E-state index < -0.39 is 5.97 Å². The van der Waals surface area contributed by atoms with Crippen molar-refractivity contribution in [3.05, 3.63) is 53.6 Å². The molecule has 0 aromatic heterocycles. The van der Waals surface area contributed by atoms with Gasteiger partial charge in [0.15, 0.2) is 16.6 Å². The molecule has 0 spiro atoms. The molecule has 0 aliphatic heterocycles. The van der Waals surface area contributed by atoms with Crippen molar-refractivity contribution in [3.8, 4) is 17.2 Å². The summed E-state index contributed by atoms with van der Waals surface area (Å²) in [6.07, 6.45) is 7.69. The highest BCUT2D eigenvalue weighted by Gasteiger charge is 2.14. The number of hydrogen-bond acceptors (Lipinski definition) is 6. The van der Waals surface area contributed by atoms with Gasteiger partial charge >= 0.3 is 5.97 Å². The van der Waals surface area contributed by atoms with E-state index >= 15 is 0 Å². The van der Waals surface area contributed by atoms with Crippen LogP contribution in [0, 0.1) is 0 Å². The Balaban J connectivity index is 1.60. The lowest BCUT2D eigenvalue weighted by Crippen LogP contribution is -2.40. The molecule has 2 aromatic rings. The van der Waals surface area contributed by atoms with Gasteiger partial charge in [0.25, 0.3) is 0 Å². The first kappa shape index (κ1) is 23.5. The van der Waals surface area contributed by atoms with Crippen LogP contribution in [0.4, 0.5) is 0 Å². The van der Waals surface area contributed by atoms with E-state index in [4.69, 9.17) is 26.4 Å². The molecule has 2 N–H and O–H groups in total. The third-order valence-corrected chi connectivity index (χ3v) is 5.33. The zero-order valence-corrected chi connectivity index (χ0v) is 19.2. The van der Waals surface area contributed by atoms with E-state index in [0.717, 1.165) is 18.4 Å². The van der Waals surface area contributed by atoms with Gasteiger partial charge in [0.2, 0.25) is 0 Å². The van der Waals surface area contributed by atoms with Gasteiger partial charge in [0, 0.05) is 6.04 Å². The molecular formula is C24H29N3O4S. The molecule has 7 nitrogen and oxygen atoms in total. The first-order valence-corrected chi connectivity index (χ1v) is 11.2. The van der Waals surface area contributed by atoms with Gasteiger partial charge in [-0.3, -0.25) is 5.43 Å². The van der Waals surface area contributed by atoms with Gasteiger partial charge in [-0.15, -0.1) is 0 Å². The average Bonchev–Trinajstić information content (AvgIpc) is 2.81. The van der Waals surface area contributed by atoms with Crippen LogP contribution in [0.3, 0.4) is 0 Å². The number of methoxy groups -OCH3 is 1. The number of benzene rings is 2. The summed E-state index contributed by atoms with van der Waals surface area (Å²) < 4.78 is 16.3. The molecule has 170 valence electrons. The number of nitrogens with one attached hydrogen (secondary N) is 2. The molecule has 1 saturated carbocycles. The molecule has 2 aromatic carbocycles.